The summed E-state index contributed by atoms with van der Waals surface area (Å²) in [6.45, 7) is 0.647. The van der Waals surface area contributed by atoms with Crippen molar-refractivity contribution in [3.8, 4) is 23.1 Å². The first kappa shape index (κ1) is 21.6. The first-order valence-corrected chi connectivity index (χ1v) is 12.0. The van der Waals surface area contributed by atoms with Crippen molar-refractivity contribution in [3.63, 3.8) is 0 Å². The summed E-state index contributed by atoms with van der Waals surface area (Å²) in [5.41, 5.74) is 3.20. The van der Waals surface area contributed by atoms with Crippen molar-refractivity contribution in [1.82, 2.24) is 9.97 Å². The van der Waals surface area contributed by atoms with Crippen LogP contribution in [0, 0.1) is 17.2 Å². The number of aromatic nitrogens is 2. The van der Waals surface area contributed by atoms with Crippen molar-refractivity contribution in [3.05, 3.63) is 60.3 Å². The van der Waals surface area contributed by atoms with E-state index in [0.29, 0.717) is 46.9 Å². The molecule has 1 aliphatic rings. The van der Waals surface area contributed by atoms with E-state index in [1.165, 1.54) is 24.2 Å². The lowest BCUT2D eigenvalue weighted by atomic mass is 10.1. The third-order valence-corrected chi connectivity index (χ3v) is 6.41. The fourth-order valence-corrected chi connectivity index (χ4v) is 3.55. The van der Waals surface area contributed by atoms with Crippen LogP contribution in [-0.4, -0.2) is 38.3 Å². The molecule has 1 aromatic heterocycles. The molecular weight excluding hydrogens is 426 g/mol. The molecule has 0 atom stereocenters. The second kappa shape index (κ2) is 8.85. The molecule has 32 heavy (non-hydrogen) atoms. The van der Waals surface area contributed by atoms with Gasteiger partial charge in [-0.3, -0.25) is 4.31 Å². The van der Waals surface area contributed by atoms with Crippen molar-refractivity contribution in [2.45, 2.75) is 12.8 Å². The number of hydrogen-bond donors (Lipinski definition) is 1. The zero-order valence-electron chi connectivity index (χ0n) is 17.8. The molecular formula is C23H23N5O3S. The highest BCUT2D eigenvalue weighted by Crippen LogP contribution is 2.31. The molecule has 164 valence electrons. The van der Waals surface area contributed by atoms with Gasteiger partial charge in [0.05, 0.1) is 29.8 Å². The minimum Gasteiger partial charge on any atom is -0.492 e. The highest BCUT2D eigenvalue weighted by atomic mass is 32.2. The van der Waals surface area contributed by atoms with Crippen molar-refractivity contribution >= 4 is 27.3 Å². The maximum atomic E-state index is 11.7. The zero-order chi connectivity index (χ0) is 22.7. The topological polar surface area (TPSA) is 108 Å². The molecule has 0 aliphatic heterocycles. The molecule has 0 saturated heterocycles. The average molecular weight is 450 g/mol. The second-order valence-corrected chi connectivity index (χ2v) is 9.76. The largest absolute Gasteiger partial charge is 0.492 e. The molecule has 9 heteroatoms. The van der Waals surface area contributed by atoms with E-state index in [1.807, 2.05) is 12.1 Å². The fraction of sp³-hybridized carbons (Fsp3) is 0.261. The van der Waals surface area contributed by atoms with Crippen molar-refractivity contribution < 1.29 is 13.2 Å². The van der Waals surface area contributed by atoms with Gasteiger partial charge in [0.25, 0.3) is 0 Å². The predicted molar refractivity (Wildman–Crippen MR) is 123 cm³/mol. The summed E-state index contributed by atoms with van der Waals surface area (Å²) in [4.78, 5) is 8.80. The van der Waals surface area contributed by atoms with E-state index in [9.17, 15) is 13.7 Å². The van der Waals surface area contributed by atoms with Crippen LogP contribution < -0.4 is 14.4 Å². The number of sulfonamides is 1. The van der Waals surface area contributed by atoms with Crippen LogP contribution in [0.2, 0.25) is 0 Å². The smallest absolute Gasteiger partial charge is 0.231 e. The number of nitrogens with one attached hydrogen (secondary N) is 1. The highest BCUT2D eigenvalue weighted by molar-refractivity contribution is 7.92. The van der Waals surface area contributed by atoms with Crippen molar-refractivity contribution in [2.75, 3.05) is 29.5 Å². The van der Waals surface area contributed by atoms with Crippen molar-refractivity contribution in [1.29, 1.82) is 5.26 Å². The maximum absolute atomic E-state index is 11.7. The van der Waals surface area contributed by atoms with Crippen LogP contribution in [0.5, 0.6) is 5.75 Å². The van der Waals surface area contributed by atoms with Gasteiger partial charge in [-0.05, 0) is 67.3 Å². The fourth-order valence-electron chi connectivity index (χ4n) is 3.05. The van der Waals surface area contributed by atoms with Crippen LogP contribution in [0.25, 0.3) is 11.3 Å². The highest BCUT2D eigenvalue weighted by Gasteiger charge is 2.22. The van der Waals surface area contributed by atoms with Crippen LogP contribution in [0.3, 0.4) is 0 Å². The van der Waals surface area contributed by atoms with Crippen LogP contribution >= 0.6 is 0 Å². The number of nitrogens with zero attached hydrogens (tertiary/aromatic N) is 4. The number of ether oxygens (including phenoxy) is 1. The molecule has 0 radical (unpaired) electrons. The molecule has 0 amide bonds. The molecule has 1 saturated carbocycles. The van der Waals surface area contributed by atoms with E-state index in [0.717, 1.165) is 11.8 Å². The summed E-state index contributed by atoms with van der Waals surface area (Å²) in [6.07, 6.45) is 5.17. The number of nitriles is 1. The van der Waals surface area contributed by atoms with E-state index in [1.54, 1.807) is 42.6 Å². The lowest BCUT2D eigenvalue weighted by Crippen LogP contribution is -2.24. The van der Waals surface area contributed by atoms with Crippen LogP contribution in [0.4, 0.5) is 17.3 Å². The van der Waals surface area contributed by atoms with E-state index in [-0.39, 0.29) is 0 Å². The molecule has 0 spiro atoms. The Hall–Kier alpha value is -3.64. The minimum absolute atomic E-state index is 0.388. The first-order valence-electron chi connectivity index (χ1n) is 10.1. The molecule has 1 fully saturated rings. The van der Waals surface area contributed by atoms with Crippen molar-refractivity contribution in [2.24, 2.45) is 5.92 Å². The van der Waals surface area contributed by atoms with Gasteiger partial charge in [0.2, 0.25) is 16.0 Å². The summed E-state index contributed by atoms with van der Waals surface area (Å²) >= 11 is 0. The lowest BCUT2D eigenvalue weighted by Gasteiger charge is -2.17. The monoisotopic (exact) mass is 449 g/mol. The normalized spacial score (nSPS) is 13.3. The third kappa shape index (κ3) is 5.15. The summed E-state index contributed by atoms with van der Waals surface area (Å²) in [7, 11) is -1.82. The van der Waals surface area contributed by atoms with Gasteiger partial charge >= 0.3 is 0 Å². The molecule has 0 bridgehead atoms. The number of anilines is 3. The first-order chi connectivity index (χ1) is 15.3. The molecule has 8 nitrogen and oxygen atoms in total. The average Bonchev–Trinajstić information content (AvgIpc) is 3.62. The predicted octanol–water partition coefficient (Wildman–Crippen LogP) is 3.94. The molecule has 1 N–H and O–H groups in total. The van der Waals surface area contributed by atoms with Gasteiger partial charge in [-0.1, -0.05) is 0 Å². The summed E-state index contributed by atoms with van der Waals surface area (Å²) < 4.78 is 30.3. The second-order valence-electron chi connectivity index (χ2n) is 7.74. The molecule has 4 rings (SSSR count). The summed E-state index contributed by atoms with van der Waals surface area (Å²) in [5.74, 6) is 1.59. The van der Waals surface area contributed by atoms with Crippen LogP contribution in [0.15, 0.2) is 54.7 Å². The lowest BCUT2D eigenvalue weighted by molar-refractivity contribution is 0.299. The summed E-state index contributed by atoms with van der Waals surface area (Å²) in [5, 5.41) is 12.6. The van der Waals surface area contributed by atoms with Gasteiger partial charge in [0, 0.05) is 24.5 Å². The van der Waals surface area contributed by atoms with E-state index < -0.39 is 10.0 Å². The Bertz CT molecular complexity index is 1270. The molecule has 1 aliphatic carbocycles. The molecule has 1 heterocycles. The van der Waals surface area contributed by atoms with Gasteiger partial charge in [-0.2, -0.15) is 5.26 Å². The SMILES string of the molecule is CN(c1ccc(Nc2nccc(-c3ccc(OCC4CC4)c(C#N)c3)n2)cc1)S(C)(=O)=O. The molecule has 2 aromatic carbocycles. The minimum atomic E-state index is -3.32. The Balaban J connectivity index is 1.50. The Morgan fingerprint density at radius 2 is 1.94 bits per heavy atom. The third-order valence-electron chi connectivity index (χ3n) is 5.21. The van der Waals surface area contributed by atoms with Crippen LogP contribution in [0.1, 0.15) is 18.4 Å². The Morgan fingerprint density at radius 1 is 1.19 bits per heavy atom. The number of rotatable bonds is 8. The number of benzene rings is 2. The van der Waals surface area contributed by atoms with Gasteiger partial charge in [-0.25, -0.2) is 18.4 Å². The van der Waals surface area contributed by atoms with Gasteiger partial charge < -0.3 is 10.1 Å². The van der Waals surface area contributed by atoms with Crippen LogP contribution in [-0.2, 0) is 10.0 Å². The van der Waals surface area contributed by atoms with Gasteiger partial charge in [0.15, 0.2) is 0 Å². The molecule has 3 aromatic rings. The Morgan fingerprint density at radius 3 is 2.59 bits per heavy atom. The Kier molecular flexibility index (Phi) is 5.97. The zero-order valence-corrected chi connectivity index (χ0v) is 18.6. The Labute approximate surface area is 187 Å². The van der Waals surface area contributed by atoms with Gasteiger partial charge in [0.1, 0.15) is 11.8 Å². The maximum Gasteiger partial charge on any atom is 0.231 e. The van der Waals surface area contributed by atoms with E-state index >= 15 is 0 Å². The van der Waals surface area contributed by atoms with E-state index in [2.05, 4.69) is 21.4 Å². The molecule has 0 unspecified atom stereocenters. The summed E-state index contributed by atoms with van der Waals surface area (Å²) in [6, 6.07) is 16.3. The standard InChI is InChI=1S/C23H23N5O3S/c1-28(32(2,29)30)20-8-6-19(7-9-20)26-23-25-12-11-21(27-23)17-5-10-22(18(13-17)14-24)31-15-16-3-4-16/h5-13,16H,3-4,15H2,1-2H3,(H,25,26,27). The van der Waals surface area contributed by atoms with Gasteiger partial charge in [-0.15, -0.1) is 0 Å². The quantitative estimate of drug-likeness (QED) is 0.555. The number of hydrogen-bond acceptors (Lipinski definition) is 7. The van der Waals surface area contributed by atoms with E-state index in [4.69, 9.17) is 4.74 Å².